The molecule has 35 heavy (non-hydrogen) atoms. The fourth-order valence-corrected chi connectivity index (χ4v) is 3.86. The van der Waals surface area contributed by atoms with Gasteiger partial charge < -0.3 is 25.6 Å². The molecule has 7 heteroatoms. The maximum absolute atomic E-state index is 11.3. The second-order valence-electron chi connectivity index (χ2n) is 9.06. The fourth-order valence-electron chi connectivity index (χ4n) is 3.75. The first-order valence-electron chi connectivity index (χ1n) is 11.6. The van der Waals surface area contributed by atoms with Gasteiger partial charge in [0.1, 0.15) is 12.4 Å². The quantitative estimate of drug-likeness (QED) is 0.263. The summed E-state index contributed by atoms with van der Waals surface area (Å²) in [7, 11) is 0. The average molecular weight is 497 g/mol. The highest BCUT2D eigenvalue weighted by Crippen LogP contribution is 2.31. The van der Waals surface area contributed by atoms with Crippen LogP contribution in [0.25, 0.3) is 0 Å². The maximum atomic E-state index is 11.3. The Bertz CT molecular complexity index is 1070. The molecule has 0 unspecified atom stereocenters. The Kier molecular flexibility index (Phi) is 9.55. The zero-order chi connectivity index (χ0) is 25.3. The molecular weight excluding hydrogens is 464 g/mol. The van der Waals surface area contributed by atoms with Gasteiger partial charge in [0.15, 0.2) is 0 Å². The number of nitrogens with one attached hydrogen (secondary N) is 2. The van der Waals surface area contributed by atoms with Gasteiger partial charge in [-0.05, 0) is 54.7 Å². The van der Waals surface area contributed by atoms with E-state index in [4.69, 9.17) is 16.3 Å². The maximum Gasteiger partial charge on any atom is 0.404 e. The van der Waals surface area contributed by atoms with E-state index in [0.29, 0.717) is 25.3 Å². The van der Waals surface area contributed by atoms with Crippen LogP contribution in [-0.4, -0.2) is 35.0 Å². The second-order valence-corrected chi connectivity index (χ2v) is 10.0. The highest BCUT2D eigenvalue weighted by Gasteiger charge is 2.22. The number of carboxylic acid groups (broad SMARTS) is 1. The molecule has 0 aliphatic rings. The summed E-state index contributed by atoms with van der Waals surface area (Å²) in [5.74, 6) is 0.715. The molecular formula is C28H33ClN2O4. The number of carbonyl (C=O) groups is 1. The van der Waals surface area contributed by atoms with E-state index in [1.807, 2.05) is 92.7 Å². The smallest absolute Gasteiger partial charge is 0.404 e. The molecule has 3 aromatic rings. The third-order valence-corrected chi connectivity index (χ3v) is 5.87. The summed E-state index contributed by atoms with van der Waals surface area (Å²) in [5.41, 5.74) is 3.90. The molecule has 0 bridgehead atoms. The topological polar surface area (TPSA) is 90.8 Å². The number of alkyl halides is 1. The number of ether oxygens (including phenoxy) is 1. The van der Waals surface area contributed by atoms with Crippen LogP contribution in [0.4, 0.5) is 4.79 Å². The predicted molar refractivity (Wildman–Crippen MR) is 139 cm³/mol. The van der Waals surface area contributed by atoms with Gasteiger partial charge >= 0.3 is 6.09 Å². The number of hydrogen-bond donors (Lipinski definition) is 4. The number of aliphatic hydroxyl groups is 1. The van der Waals surface area contributed by atoms with Crippen LogP contribution in [0.1, 0.15) is 36.1 Å². The van der Waals surface area contributed by atoms with Crippen LogP contribution in [0, 0.1) is 0 Å². The molecule has 6 nitrogen and oxygen atoms in total. The lowest BCUT2D eigenvalue weighted by atomic mass is 9.99. The molecule has 4 N–H and O–H groups in total. The number of hydrogen-bond acceptors (Lipinski definition) is 4. The summed E-state index contributed by atoms with van der Waals surface area (Å²) in [6.45, 7) is 4.98. The van der Waals surface area contributed by atoms with Crippen molar-refractivity contribution in [2.24, 2.45) is 0 Å². The Morgan fingerprint density at radius 3 is 2.20 bits per heavy atom. The number of benzene rings is 3. The van der Waals surface area contributed by atoms with Crippen molar-refractivity contribution in [3.8, 4) is 5.75 Å². The lowest BCUT2D eigenvalue weighted by Crippen LogP contribution is -2.48. The third-order valence-electron chi connectivity index (χ3n) is 5.66. The van der Waals surface area contributed by atoms with Crippen LogP contribution >= 0.6 is 11.6 Å². The molecule has 0 aliphatic carbocycles. The summed E-state index contributed by atoms with van der Waals surface area (Å²) < 4.78 is 6.03. The fraction of sp³-hybridized carbons (Fsp3) is 0.321. The van der Waals surface area contributed by atoms with E-state index in [0.717, 1.165) is 22.3 Å². The van der Waals surface area contributed by atoms with Crippen LogP contribution in [-0.2, 0) is 24.4 Å². The molecule has 0 heterocycles. The Hall–Kier alpha value is -3.06. The van der Waals surface area contributed by atoms with Crippen molar-refractivity contribution in [2.75, 3.05) is 6.54 Å². The van der Waals surface area contributed by atoms with E-state index in [1.54, 1.807) is 0 Å². The summed E-state index contributed by atoms with van der Waals surface area (Å²) in [6.07, 6.45) is -1.68. The summed E-state index contributed by atoms with van der Waals surface area (Å²) in [4.78, 5) is 10.7. The van der Waals surface area contributed by atoms with Crippen molar-refractivity contribution in [3.63, 3.8) is 0 Å². The first-order chi connectivity index (χ1) is 16.7. The molecule has 3 rings (SSSR count). The van der Waals surface area contributed by atoms with Crippen molar-refractivity contribution < 1.29 is 19.7 Å². The molecule has 186 valence electrons. The first-order valence-corrected chi connectivity index (χ1v) is 12.0. The summed E-state index contributed by atoms with van der Waals surface area (Å²) in [6, 6.07) is 24.7. The van der Waals surface area contributed by atoms with Crippen LogP contribution in [0.5, 0.6) is 5.75 Å². The van der Waals surface area contributed by atoms with Gasteiger partial charge in [0.2, 0.25) is 0 Å². The minimum atomic E-state index is -1.16. The highest BCUT2D eigenvalue weighted by molar-refractivity contribution is 6.23. The zero-order valence-electron chi connectivity index (χ0n) is 20.1. The van der Waals surface area contributed by atoms with Crippen LogP contribution < -0.4 is 15.4 Å². The van der Waals surface area contributed by atoms with Crippen LogP contribution in [0.3, 0.4) is 0 Å². The molecule has 0 saturated carbocycles. The van der Waals surface area contributed by atoms with Gasteiger partial charge in [-0.15, -0.1) is 11.6 Å². The summed E-state index contributed by atoms with van der Waals surface area (Å²) in [5, 5.41) is 25.6. The Labute approximate surface area is 211 Å². The molecule has 2 atom stereocenters. The average Bonchev–Trinajstić information content (AvgIpc) is 2.83. The molecule has 0 spiro atoms. The number of rotatable bonds is 12. The van der Waals surface area contributed by atoms with E-state index >= 15 is 0 Å². The standard InChI is InChI=1S/C28H33ClN2O4/c1-28(2,29)23-13-22(14-24(16-23)35-19-21-11-7-4-8-12-21)17-30-18-26(32)25(31-27(33)34)15-20-9-5-3-6-10-20/h3-14,16,25-26,30-32H,15,17-19H2,1-2H3,(H,33,34)/t25-,26+/m0/s1. The van der Waals surface area contributed by atoms with Crippen molar-refractivity contribution in [1.29, 1.82) is 0 Å². The van der Waals surface area contributed by atoms with Crippen LogP contribution in [0.2, 0.25) is 0 Å². The lowest BCUT2D eigenvalue weighted by Gasteiger charge is -2.24. The monoisotopic (exact) mass is 496 g/mol. The van der Waals surface area contributed by atoms with E-state index in [2.05, 4.69) is 10.6 Å². The Morgan fingerprint density at radius 1 is 0.971 bits per heavy atom. The largest absolute Gasteiger partial charge is 0.489 e. The zero-order valence-corrected chi connectivity index (χ0v) is 20.8. The van der Waals surface area contributed by atoms with E-state index in [1.165, 1.54) is 0 Å². The molecule has 0 radical (unpaired) electrons. The summed E-state index contributed by atoms with van der Waals surface area (Å²) >= 11 is 6.59. The van der Waals surface area contributed by atoms with Gasteiger partial charge in [0.25, 0.3) is 0 Å². The Morgan fingerprint density at radius 2 is 1.60 bits per heavy atom. The molecule has 1 amide bonds. The van der Waals surface area contributed by atoms with Gasteiger partial charge in [-0.2, -0.15) is 0 Å². The van der Waals surface area contributed by atoms with Crippen molar-refractivity contribution in [2.45, 2.75) is 50.4 Å². The van der Waals surface area contributed by atoms with E-state index in [9.17, 15) is 15.0 Å². The van der Waals surface area contributed by atoms with E-state index in [-0.39, 0.29) is 6.54 Å². The molecule has 3 aromatic carbocycles. The number of halogens is 1. The van der Waals surface area contributed by atoms with E-state index < -0.39 is 23.1 Å². The van der Waals surface area contributed by atoms with Gasteiger partial charge in [-0.1, -0.05) is 66.7 Å². The number of aliphatic hydroxyl groups excluding tert-OH is 1. The van der Waals surface area contributed by atoms with Crippen molar-refractivity contribution >= 4 is 17.7 Å². The number of amides is 1. The molecule has 0 aliphatic heterocycles. The molecule has 0 aromatic heterocycles. The molecule has 0 fully saturated rings. The third kappa shape index (κ3) is 8.91. The van der Waals surface area contributed by atoms with Gasteiger partial charge in [0.05, 0.1) is 17.0 Å². The minimum absolute atomic E-state index is 0.215. The Balaban J connectivity index is 1.64. The second kappa shape index (κ2) is 12.6. The van der Waals surface area contributed by atoms with Gasteiger partial charge in [-0.25, -0.2) is 4.79 Å². The van der Waals surface area contributed by atoms with Gasteiger partial charge in [-0.3, -0.25) is 0 Å². The highest BCUT2D eigenvalue weighted by atomic mass is 35.5. The predicted octanol–water partition coefficient (Wildman–Crippen LogP) is 5.07. The normalized spacial score (nSPS) is 13.1. The van der Waals surface area contributed by atoms with Gasteiger partial charge in [0, 0.05) is 13.1 Å². The lowest BCUT2D eigenvalue weighted by molar-refractivity contribution is 0.117. The van der Waals surface area contributed by atoms with Crippen molar-refractivity contribution in [1.82, 2.24) is 10.6 Å². The minimum Gasteiger partial charge on any atom is -0.489 e. The first kappa shape index (κ1) is 26.5. The van der Waals surface area contributed by atoms with Crippen LogP contribution in [0.15, 0.2) is 78.9 Å². The molecule has 0 saturated heterocycles. The van der Waals surface area contributed by atoms with Crippen molar-refractivity contribution in [3.05, 3.63) is 101 Å². The SMILES string of the molecule is CC(C)(Cl)c1cc(CNC[C@@H](O)[C@H](Cc2ccccc2)NC(=O)O)cc(OCc2ccccc2)c1.